The Labute approximate surface area is 171 Å². The number of rotatable bonds is 9. The molecule has 3 rings (SSSR count). The van der Waals surface area contributed by atoms with Crippen LogP contribution < -0.4 is 5.32 Å². The molecule has 9 nitrogen and oxygen atoms in total. The molecule has 0 saturated carbocycles. The molecular weight excluding hydrogens is 372 g/mol. The van der Waals surface area contributed by atoms with E-state index in [1.54, 1.807) is 12.4 Å². The molecule has 1 aliphatic heterocycles. The van der Waals surface area contributed by atoms with Gasteiger partial charge in [-0.05, 0) is 45.0 Å². The largest absolute Gasteiger partial charge is 0.394 e. The van der Waals surface area contributed by atoms with Gasteiger partial charge in [0.2, 0.25) is 5.91 Å². The number of nitrogens with zero attached hydrogens (tertiary/aromatic N) is 5. The number of aryl methyl sites for hydroxylation is 1. The number of aliphatic hydroxyl groups is 1. The van der Waals surface area contributed by atoms with Crippen LogP contribution in [0.25, 0.3) is 0 Å². The van der Waals surface area contributed by atoms with E-state index >= 15 is 0 Å². The summed E-state index contributed by atoms with van der Waals surface area (Å²) < 4.78 is 7.88. The van der Waals surface area contributed by atoms with Gasteiger partial charge in [0.1, 0.15) is 6.10 Å². The zero-order valence-corrected chi connectivity index (χ0v) is 17.1. The number of aliphatic hydroxyl groups excluding tert-OH is 1. The van der Waals surface area contributed by atoms with Gasteiger partial charge in [-0.15, -0.1) is 5.10 Å². The zero-order valence-electron chi connectivity index (χ0n) is 17.1. The Morgan fingerprint density at radius 3 is 3.00 bits per heavy atom. The second kappa shape index (κ2) is 10.4. The van der Waals surface area contributed by atoms with Crippen molar-refractivity contribution < 1.29 is 14.6 Å². The lowest BCUT2D eigenvalue weighted by Crippen LogP contribution is -2.51. The minimum Gasteiger partial charge on any atom is -0.394 e. The number of ether oxygens (including phenoxy) is 1. The molecule has 1 saturated heterocycles. The molecule has 0 aromatic carbocycles. The molecule has 3 atom stereocenters. The SMILES string of the molecule is CN(C)Cc1cn(CC[C@@H]2CC[C@@H](NC(=O)Cc3cccnc3)[C@H](CO)O2)nn1. The molecule has 9 heteroatoms. The van der Waals surface area contributed by atoms with Crippen molar-refractivity contribution in [1.82, 2.24) is 30.2 Å². The van der Waals surface area contributed by atoms with E-state index in [1.165, 1.54) is 0 Å². The van der Waals surface area contributed by atoms with Crippen molar-refractivity contribution in [2.24, 2.45) is 0 Å². The standard InChI is InChI=1S/C20H30N6O3/c1-25(2)12-16-13-26(24-23-16)9-7-17-5-6-18(19(14-27)29-17)22-20(28)10-15-4-3-8-21-11-15/h3-4,8,11,13,17-19,27H,5-7,9-10,12,14H2,1-2H3,(H,22,28)/t17-,18+,19-/m0/s1. The van der Waals surface area contributed by atoms with Crippen molar-refractivity contribution >= 4 is 5.91 Å². The maximum atomic E-state index is 12.3. The fraction of sp³-hybridized carbons (Fsp3) is 0.600. The number of carbonyl (C=O) groups is 1. The Morgan fingerprint density at radius 2 is 2.28 bits per heavy atom. The number of amides is 1. The molecule has 29 heavy (non-hydrogen) atoms. The average molecular weight is 402 g/mol. The van der Waals surface area contributed by atoms with Crippen LogP contribution in [0, 0.1) is 0 Å². The summed E-state index contributed by atoms with van der Waals surface area (Å²) in [6.45, 7) is 1.35. The average Bonchev–Trinajstić information content (AvgIpc) is 3.14. The van der Waals surface area contributed by atoms with Crippen molar-refractivity contribution in [2.75, 3.05) is 20.7 Å². The molecule has 0 radical (unpaired) electrons. The summed E-state index contributed by atoms with van der Waals surface area (Å²) in [5.74, 6) is -0.0838. The molecular formula is C20H30N6O3. The van der Waals surface area contributed by atoms with Gasteiger partial charge in [0.25, 0.3) is 0 Å². The van der Waals surface area contributed by atoms with Crippen molar-refractivity contribution in [2.45, 2.75) is 57.0 Å². The molecule has 2 aromatic rings. The Balaban J connectivity index is 1.45. The molecule has 0 spiro atoms. The summed E-state index contributed by atoms with van der Waals surface area (Å²) in [6.07, 6.45) is 7.61. The predicted octanol–water partition coefficient (Wildman–Crippen LogP) is 0.392. The van der Waals surface area contributed by atoms with Crippen molar-refractivity contribution in [1.29, 1.82) is 0 Å². The summed E-state index contributed by atoms with van der Waals surface area (Å²) in [7, 11) is 3.99. The van der Waals surface area contributed by atoms with Crippen LogP contribution in [0.15, 0.2) is 30.7 Å². The van der Waals surface area contributed by atoms with E-state index in [-0.39, 0.29) is 31.1 Å². The van der Waals surface area contributed by atoms with Crippen LogP contribution in [0.3, 0.4) is 0 Å². The van der Waals surface area contributed by atoms with Crippen LogP contribution in [0.5, 0.6) is 0 Å². The fourth-order valence-electron chi connectivity index (χ4n) is 3.58. The maximum absolute atomic E-state index is 12.3. The molecule has 0 bridgehead atoms. The normalized spacial score (nSPS) is 22.0. The van der Waals surface area contributed by atoms with Crippen molar-refractivity contribution in [3.63, 3.8) is 0 Å². The van der Waals surface area contributed by atoms with Crippen molar-refractivity contribution in [3.8, 4) is 0 Å². The van der Waals surface area contributed by atoms with Crippen LogP contribution in [0.4, 0.5) is 0 Å². The van der Waals surface area contributed by atoms with E-state index in [9.17, 15) is 9.90 Å². The first-order valence-electron chi connectivity index (χ1n) is 10.0. The van der Waals surface area contributed by atoms with Crippen molar-refractivity contribution in [3.05, 3.63) is 42.0 Å². The Morgan fingerprint density at radius 1 is 1.41 bits per heavy atom. The zero-order chi connectivity index (χ0) is 20.6. The monoisotopic (exact) mass is 402 g/mol. The number of aromatic nitrogens is 4. The summed E-state index contributed by atoms with van der Waals surface area (Å²) in [6, 6.07) is 3.50. The third-order valence-corrected chi connectivity index (χ3v) is 4.97. The number of nitrogens with one attached hydrogen (secondary N) is 1. The van der Waals surface area contributed by atoms with E-state index in [2.05, 4.69) is 20.6 Å². The van der Waals surface area contributed by atoms with Crippen LogP contribution in [0.1, 0.15) is 30.5 Å². The summed E-state index contributed by atoms with van der Waals surface area (Å²) in [5.41, 5.74) is 1.80. The molecule has 0 aliphatic carbocycles. The highest BCUT2D eigenvalue weighted by molar-refractivity contribution is 5.78. The van der Waals surface area contributed by atoms with Gasteiger partial charge < -0.3 is 20.1 Å². The van der Waals surface area contributed by atoms with Crippen LogP contribution in [-0.2, 0) is 29.0 Å². The van der Waals surface area contributed by atoms with Gasteiger partial charge in [-0.25, -0.2) is 0 Å². The number of hydrogen-bond acceptors (Lipinski definition) is 7. The van der Waals surface area contributed by atoms with E-state index in [1.807, 2.05) is 42.0 Å². The first-order valence-corrected chi connectivity index (χ1v) is 10.0. The number of pyridine rings is 1. The maximum Gasteiger partial charge on any atom is 0.224 e. The van der Waals surface area contributed by atoms with E-state index < -0.39 is 6.10 Å². The van der Waals surface area contributed by atoms with Crippen LogP contribution in [0.2, 0.25) is 0 Å². The van der Waals surface area contributed by atoms with E-state index in [0.29, 0.717) is 6.54 Å². The molecule has 2 aromatic heterocycles. The number of hydrogen-bond donors (Lipinski definition) is 2. The third kappa shape index (κ3) is 6.59. The topological polar surface area (TPSA) is 105 Å². The Hall–Kier alpha value is -2.36. The van der Waals surface area contributed by atoms with Crippen LogP contribution in [-0.4, -0.2) is 74.8 Å². The lowest BCUT2D eigenvalue weighted by atomic mass is 9.97. The van der Waals surface area contributed by atoms with Gasteiger partial charge in [0, 0.05) is 31.7 Å². The first-order chi connectivity index (χ1) is 14.0. The molecule has 1 amide bonds. The third-order valence-electron chi connectivity index (χ3n) is 4.97. The van der Waals surface area contributed by atoms with Gasteiger partial charge in [-0.1, -0.05) is 11.3 Å². The molecule has 0 unspecified atom stereocenters. The molecule has 3 heterocycles. The Kier molecular flexibility index (Phi) is 7.68. The van der Waals surface area contributed by atoms with Gasteiger partial charge >= 0.3 is 0 Å². The Bertz CT molecular complexity index is 767. The molecule has 2 N–H and O–H groups in total. The fourth-order valence-corrected chi connectivity index (χ4v) is 3.58. The second-order valence-electron chi connectivity index (χ2n) is 7.77. The van der Waals surface area contributed by atoms with E-state index in [0.717, 1.165) is 37.1 Å². The highest BCUT2D eigenvalue weighted by atomic mass is 16.5. The highest BCUT2D eigenvalue weighted by Crippen LogP contribution is 2.22. The highest BCUT2D eigenvalue weighted by Gasteiger charge is 2.31. The predicted molar refractivity (Wildman–Crippen MR) is 107 cm³/mol. The first kappa shape index (κ1) is 21.4. The smallest absolute Gasteiger partial charge is 0.224 e. The van der Waals surface area contributed by atoms with Gasteiger partial charge in [-0.3, -0.25) is 14.5 Å². The second-order valence-corrected chi connectivity index (χ2v) is 7.77. The summed E-state index contributed by atoms with van der Waals surface area (Å²) in [4.78, 5) is 18.4. The summed E-state index contributed by atoms with van der Waals surface area (Å²) >= 11 is 0. The van der Waals surface area contributed by atoms with Gasteiger partial charge in [0.15, 0.2) is 0 Å². The molecule has 158 valence electrons. The minimum atomic E-state index is -0.397. The van der Waals surface area contributed by atoms with Gasteiger partial charge in [-0.2, -0.15) is 0 Å². The molecule has 1 fully saturated rings. The quantitative estimate of drug-likeness (QED) is 0.625. The van der Waals surface area contributed by atoms with Gasteiger partial charge in [0.05, 0.1) is 30.9 Å². The summed E-state index contributed by atoms with van der Waals surface area (Å²) in [5, 5.41) is 21.1. The molecule has 1 aliphatic rings. The lowest BCUT2D eigenvalue weighted by molar-refractivity contribution is -0.128. The van der Waals surface area contributed by atoms with E-state index in [4.69, 9.17) is 4.74 Å². The number of carbonyl (C=O) groups excluding carboxylic acids is 1. The minimum absolute atomic E-state index is 0.0279. The van der Waals surface area contributed by atoms with Crippen LogP contribution >= 0.6 is 0 Å². The lowest BCUT2D eigenvalue weighted by Gasteiger charge is -2.36.